The molecular formula is C14H18ClN3OS. The van der Waals surface area contributed by atoms with Crippen molar-refractivity contribution < 1.29 is 4.79 Å². The Morgan fingerprint density at radius 2 is 2.15 bits per heavy atom. The number of nitrogens with zero attached hydrogens (tertiary/aromatic N) is 1. The van der Waals surface area contributed by atoms with Gasteiger partial charge in [0.05, 0.1) is 5.01 Å². The smallest absolute Gasteiger partial charge is 0.275 e. The first-order valence-electron chi connectivity index (χ1n) is 6.14. The number of carbonyl (C=O) groups excluding carboxylic acids is 1. The summed E-state index contributed by atoms with van der Waals surface area (Å²) in [5.41, 5.74) is 8.99. The molecule has 20 heavy (non-hydrogen) atoms. The highest BCUT2D eigenvalue weighted by Gasteiger charge is 2.12. The summed E-state index contributed by atoms with van der Waals surface area (Å²) in [6.07, 6.45) is 0.710. The van der Waals surface area contributed by atoms with Crippen LogP contribution in [0.15, 0.2) is 23.6 Å². The maximum absolute atomic E-state index is 12.1. The van der Waals surface area contributed by atoms with Crippen LogP contribution in [0.4, 0.5) is 5.69 Å². The zero-order chi connectivity index (χ0) is 13.8. The molecule has 0 saturated carbocycles. The Morgan fingerprint density at radius 1 is 1.40 bits per heavy atom. The van der Waals surface area contributed by atoms with Gasteiger partial charge in [-0.15, -0.1) is 23.7 Å². The second kappa shape index (κ2) is 7.38. The predicted molar refractivity (Wildman–Crippen MR) is 86.0 cm³/mol. The van der Waals surface area contributed by atoms with Crippen LogP contribution in [-0.4, -0.2) is 17.4 Å². The largest absolute Gasteiger partial charge is 0.330 e. The first kappa shape index (κ1) is 16.6. The van der Waals surface area contributed by atoms with Crippen molar-refractivity contribution in [3.05, 3.63) is 45.4 Å². The second-order valence-corrected chi connectivity index (χ2v) is 5.31. The number of thiazole rings is 1. The van der Waals surface area contributed by atoms with Gasteiger partial charge in [-0.2, -0.15) is 0 Å². The van der Waals surface area contributed by atoms with Gasteiger partial charge in [-0.25, -0.2) is 4.98 Å². The molecule has 2 rings (SSSR count). The third-order valence-electron chi connectivity index (χ3n) is 3.00. The maximum Gasteiger partial charge on any atom is 0.275 e. The van der Waals surface area contributed by atoms with Crippen LogP contribution in [0.3, 0.4) is 0 Å². The number of benzene rings is 1. The molecule has 1 amide bonds. The van der Waals surface area contributed by atoms with Crippen LogP contribution in [-0.2, 0) is 6.42 Å². The van der Waals surface area contributed by atoms with Gasteiger partial charge in [-0.1, -0.05) is 12.1 Å². The van der Waals surface area contributed by atoms with Crippen LogP contribution >= 0.6 is 23.7 Å². The van der Waals surface area contributed by atoms with Gasteiger partial charge in [-0.05, 0) is 37.6 Å². The Hall–Kier alpha value is -1.43. The molecule has 0 fully saturated rings. The lowest BCUT2D eigenvalue weighted by Crippen LogP contribution is -2.14. The van der Waals surface area contributed by atoms with E-state index in [2.05, 4.69) is 10.3 Å². The van der Waals surface area contributed by atoms with Crippen molar-refractivity contribution in [3.8, 4) is 0 Å². The summed E-state index contributed by atoms with van der Waals surface area (Å²) in [6, 6.07) is 5.85. The van der Waals surface area contributed by atoms with Crippen LogP contribution in [0.5, 0.6) is 0 Å². The fraction of sp³-hybridized carbons (Fsp3) is 0.286. The van der Waals surface area contributed by atoms with Crippen molar-refractivity contribution in [3.63, 3.8) is 0 Å². The zero-order valence-corrected chi connectivity index (χ0v) is 13.1. The van der Waals surface area contributed by atoms with E-state index in [9.17, 15) is 4.79 Å². The highest BCUT2D eigenvalue weighted by atomic mass is 35.5. The molecule has 4 nitrogen and oxygen atoms in total. The minimum absolute atomic E-state index is 0. The van der Waals surface area contributed by atoms with E-state index in [1.807, 2.05) is 32.0 Å². The molecule has 0 radical (unpaired) electrons. The molecule has 0 bridgehead atoms. The average molecular weight is 312 g/mol. The lowest BCUT2D eigenvalue weighted by molar-refractivity contribution is 0.102. The summed E-state index contributed by atoms with van der Waals surface area (Å²) in [5.74, 6) is -0.173. The van der Waals surface area contributed by atoms with Crippen molar-refractivity contribution in [1.29, 1.82) is 0 Å². The number of aryl methyl sites for hydroxylation is 1. The molecule has 108 valence electrons. The third-order valence-corrected chi connectivity index (χ3v) is 3.90. The van der Waals surface area contributed by atoms with Crippen LogP contribution < -0.4 is 11.1 Å². The minimum atomic E-state index is -0.173. The highest BCUT2D eigenvalue weighted by molar-refractivity contribution is 7.09. The monoisotopic (exact) mass is 311 g/mol. The van der Waals surface area contributed by atoms with Gasteiger partial charge in [0.2, 0.25) is 0 Å². The number of nitrogens with two attached hydrogens (primary N) is 1. The van der Waals surface area contributed by atoms with Gasteiger partial charge in [0.25, 0.3) is 5.91 Å². The standard InChI is InChI=1S/C14H17N3OS.ClH/c1-9-4-3-5-11(10(9)2)17-14(18)12-8-19-13(16-12)6-7-15;/h3-5,8H,6-7,15H2,1-2H3,(H,17,18);1H. The molecule has 6 heteroatoms. The molecule has 1 heterocycles. The molecule has 3 N–H and O–H groups in total. The van der Waals surface area contributed by atoms with Gasteiger partial charge in [0, 0.05) is 17.5 Å². The van der Waals surface area contributed by atoms with E-state index in [1.165, 1.54) is 11.3 Å². The molecule has 1 aromatic heterocycles. The zero-order valence-electron chi connectivity index (χ0n) is 11.5. The fourth-order valence-electron chi connectivity index (χ4n) is 1.73. The number of amides is 1. The van der Waals surface area contributed by atoms with Gasteiger partial charge >= 0.3 is 0 Å². The summed E-state index contributed by atoms with van der Waals surface area (Å²) in [6.45, 7) is 4.56. The number of hydrogen-bond acceptors (Lipinski definition) is 4. The first-order valence-corrected chi connectivity index (χ1v) is 7.02. The molecule has 0 saturated heterocycles. The molecule has 0 spiro atoms. The predicted octanol–water partition coefficient (Wildman–Crippen LogP) is 2.94. The van der Waals surface area contributed by atoms with Crippen molar-refractivity contribution in [2.24, 2.45) is 5.73 Å². The van der Waals surface area contributed by atoms with E-state index in [-0.39, 0.29) is 18.3 Å². The van der Waals surface area contributed by atoms with Crippen LogP contribution in [0.2, 0.25) is 0 Å². The van der Waals surface area contributed by atoms with Gasteiger partial charge in [-0.3, -0.25) is 4.79 Å². The number of aromatic nitrogens is 1. The minimum Gasteiger partial charge on any atom is -0.330 e. The summed E-state index contributed by atoms with van der Waals surface area (Å²) in [7, 11) is 0. The highest BCUT2D eigenvalue weighted by Crippen LogP contribution is 2.19. The van der Waals surface area contributed by atoms with Crippen molar-refractivity contribution >= 4 is 35.3 Å². The van der Waals surface area contributed by atoms with Crippen LogP contribution in [0.1, 0.15) is 26.6 Å². The third kappa shape index (κ3) is 3.79. The van der Waals surface area contributed by atoms with E-state index in [0.717, 1.165) is 21.8 Å². The molecule has 0 aliphatic heterocycles. The summed E-state index contributed by atoms with van der Waals surface area (Å²) in [5, 5.41) is 5.56. The second-order valence-electron chi connectivity index (χ2n) is 4.37. The Morgan fingerprint density at radius 3 is 2.85 bits per heavy atom. The van der Waals surface area contributed by atoms with Crippen molar-refractivity contribution in [1.82, 2.24) is 4.98 Å². The number of nitrogens with one attached hydrogen (secondary N) is 1. The Bertz CT molecular complexity index is 598. The van der Waals surface area contributed by atoms with Gasteiger partial charge in [0.15, 0.2) is 0 Å². The molecule has 2 aromatic rings. The Labute approximate surface area is 128 Å². The maximum atomic E-state index is 12.1. The molecule has 0 atom stereocenters. The summed E-state index contributed by atoms with van der Waals surface area (Å²) < 4.78 is 0. The van der Waals surface area contributed by atoms with E-state index < -0.39 is 0 Å². The number of rotatable bonds is 4. The molecule has 0 aliphatic rings. The van der Waals surface area contributed by atoms with Gasteiger partial charge in [0.1, 0.15) is 5.69 Å². The molecular weight excluding hydrogens is 294 g/mol. The molecule has 1 aromatic carbocycles. The number of halogens is 1. The fourth-order valence-corrected chi connectivity index (χ4v) is 2.52. The first-order chi connectivity index (χ1) is 9.11. The van der Waals surface area contributed by atoms with E-state index in [0.29, 0.717) is 18.7 Å². The lowest BCUT2D eigenvalue weighted by atomic mass is 10.1. The van der Waals surface area contributed by atoms with E-state index in [1.54, 1.807) is 5.38 Å². The average Bonchev–Trinajstić information content (AvgIpc) is 2.84. The van der Waals surface area contributed by atoms with Gasteiger partial charge < -0.3 is 11.1 Å². The molecule has 0 aliphatic carbocycles. The van der Waals surface area contributed by atoms with E-state index in [4.69, 9.17) is 5.73 Å². The normalized spacial score (nSPS) is 9.95. The van der Waals surface area contributed by atoms with Crippen molar-refractivity contribution in [2.45, 2.75) is 20.3 Å². The Balaban J connectivity index is 0.00000200. The number of anilines is 1. The van der Waals surface area contributed by atoms with Crippen LogP contribution in [0, 0.1) is 13.8 Å². The summed E-state index contributed by atoms with van der Waals surface area (Å²) >= 11 is 1.47. The topological polar surface area (TPSA) is 68.0 Å². The lowest BCUT2D eigenvalue weighted by Gasteiger charge is -2.09. The quantitative estimate of drug-likeness (QED) is 0.912. The molecule has 0 unspecified atom stereocenters. The summed E-state index contributed by atoms with van der Waals surface area (Å²) in [4.78, 5) is 16.4. The van der Waals surface area contributed by atoms with E-state index >= 15 is 0 Å². The number of carbonyl (C=O) groups is 1. The van der Waals surface area contributed by atoms with Crippen molar-refractivity contribution in [2.75, 3.05) is 11.9 Å². The number of hydrogen-bond donors (Lipinski definition) is 2. The SMILES string of the molecule is Cc1cccc(NC(=O)c2csc(CCN)n2)c1C.Cl. The Kier molecular flexibility index (Phi) is 6.13. The van der Waals surface area contributed by atoms with Crippen LogP contribution in [0.25, 0.3) is 0 Å².